The Labute approximate surface area is 157 Å². The first-order valence-corrected chi connectivity index (χ1v) is 8.92. The lowest BCUT2D eigenvalue weighted by molar-refractivity contribution is 0.155. The van der Waals surface area contributed by atoms with E-state index < -0.39 is 0 Å². The highest BCUT2D eigenvalue weighted by Crippen LogP contribution is 2.28. The summed E-state index contributed by atoms with van der Waals surface area (Å²) >= 11 is 1.73. The second-order valence-electron chi connectivity index (χ2n) is 5.82. The van der Waals surface area contributed by atoms with E-state index >= 15 is 0 Å². The summed E-state index contributed by atoms with van der Waals surface area (Å²) < 4.78 is 0. The Bertz CT molecular complexity index is 780. The fourth-order valence-corrected chi connectivity index (χ4v) is 3.95. The van der Waals surface area contributed by atoms with Gasteiger partial charge in [0.05, 0.1) is 5.69 Å². The van der Waals surface area contributed by atoms with Crippen molar-refractivity contribution in [1.82, 2.24) is 25.2 Å². The maximum Gasteiger partial charge on any atom is 0.142 e. The summed E-state index contributed by atoms with van der Waals surface area (Å²) in [4.78, 5) is 16.9. The van der Waals surface area contributed by atoms with Crippen LogP contribution in [0.2, 0.25) is 0 Å². The first-order valence-electron chi connectivity index (χ1n) is 8.11. The summed E-state index contributed by atoms with van der Waals surface area (Å²) in [5, 5.41) is 4.48. The van der Waals surface area contributed by atoms with Gasteiger partial charge in [-0.25, -0.2) is 4.98 Å². The quantitative estimate of drug-likeness (QED) is 0.761. The van der Waals surface area contributed by atoms with E-state index in [0.29, 0.717) is 6.04 Å². The molecule has 0 amide bonds. The number of piperazine rings is 1. The van der Waals surface area contributed by atoms with Gasteiger partial charge in [-0.2, -0.15) is 0 Å². The Hall–Kier alpha value is -1.86. The van der Waals surface area contributed by atoms with Gasteiger partial charge in [-0.15, -0.1) is 23.7 Å². The monoisotopic (exact) mass is 373 g/mol. The normalized spacial score (nSPS) is 17.8. The first kappa shape index (κ1) is 17.9. The minimum atomic E-state index is 0. The summed E-state index contributed by atoms with van der Waals surface area (Å²) in [5.41, 5.74) is 2.26. The molecule has 4 rings (SSSR count). The number of rotatable bonds is 4. The molecule has 0 bridgehead atoms. The van der Waals surface area contributed by atoms with E-state index in [9.17, 15) is 0 Å². The third-order valence-electron chi connectivity index (χ3n) is 4.24. The van der Waals surface area contributed by atoms with Gasteiger partial charge in [0, 0.05) is 61.9 Å². The van der Waals surface area contributed by atoms with Crippen molar-refractivity contribution in [1.29, 1.82) is 0 Å². The lowest BCUT2D eigenvalue weighted by Crippen LogP contribution is -2.45. The Balaban J connectivity index is 0.00000182. The van der Waals surface area contributed by atoms with Crippen LogP contribution in [0, 0.1) is 0 Å². The van der Waals surface area contributed by atoms with Crippen LogP contribution in [0.1, 0.15) is 16.5 Å². The Kier molecular flexibility index (Phi) is 6.09. The van der Waals surface area contributed by atoms with Gasteiger partial charge in [0.2, 0.25) is 0 Å². The van der Waals surface area contributed by atoms with Gasteiger partial charge in [-0.3, -0.25) is 14.9 Å². The van der Waals surface area contributed by atoms with Crippen molar-refractivity contribution in [3.63, 3.8) is 0 Å². The molecule has 0 spiro atoms. The number of halogens is 1. The highest BCUT2D eigenvalue weighted by Gasteiger charge is 2.24. The number of hydrogen-bond acceptors (Lipinski definition) is 6. The van der Waals surface area contributed by atoms with E-state index in [1.54, 1.807) is 11.3 Å². The number of pyridine rings is 2. The molecule has 0 radical (unpaired) electrons. The first-order chi connectivity index (χ1) is 11.9. The number of thiazole rings is 1. The molecule has 25 heavy (non-hydrogen) atoms. The molecular weight excluding hydrogens is 354 g/mol. The predicted octanol–water partition coefficient (Wildman–Crippen LogP) is 3.17. The van der Waals surface area contributed by atoms with Crippen LogP contribution in [0.15, 0.2) is 55.1 Å². The van der Waals surface area contributed by atoms with Crippen molar-refractivity contribution >= 4 is 23.7 Å². The van der Waals surface area contributed by atoms with Crippen LogP contribution in [0.25, 0.3) is 10.7 Å². The van der Waals surface area contributed by atoms with Crippen molar-refractivity contribution in [2.45, 2.75) is 12.6 Å². The Morgan fingerprint density at radius 3 is 2.80 bits per heavy atom. The molecule has 0 saturated carbocycles. The summed E-state index contributed by atoms with van der Waals surface area (Å²) in [6.45, 7) is 3.94. The molecule has 1 fully saturated rings. The molecule has 1 aliphatic rings. The second kappa shape index (κ2) is 8.49. The largest absolute Gasteiger partial charge is 0.314 e. The topological polar surface area (TPSA) is 53.9 Å². The van der Waals surface area contributed by atoms with Gasteiger partial charge >= 0.3 is 0 Å². The van der Waals surface area contributed by atoms with E-state index in [4.69, 9.17) is 0 Å². The van der Waals surface area contributed by atoms with Crippen molar-refractivity contribution < 1.29 is 0 Å². The average Bonchev–Trinajstić information content (AvgIpc) is 3.12. The fourth-order valence-electron chi connectivity index (χ4n) is 3.04. The molecule has 1 N–H and O–H groups in total. The van der Waals surface area contributed by atoms with Gasteiger partial charge in [-0.05, 0) is 29.8 Å². The highest BCUT2D eigenvalue weighted by atomic mass is 35.5. The summed E-state index contributed by atoms with van der Waals surface area (Å²) in [6.07, 6.45) is 7.54. The molecule has 1 atom stereocenters. The lowest BCUT2D eigenvalue weighted by atomic mass is 10.0. The molecule has 0 aliphatic carbocycles. The van der Waals surface area contributed by atoms with Crippen LogP contribution in [0.5, 0.6) is 0 Å². The number of hydrogen-bond donors (Lipinski definition) is 1. The zero-order chi connectivity index (χ0) is 16.2. The fraction of sp³-hybridized carbons (Fsp3) is 0.278. The van der Waals surface area contributed by atoms with E-state index in [0.717, 1.165) is 36.9 Å². The van der Waals surface area contributed by atoms with Crippen LogP contribution in [0.3, 0.4) is 0 Å². The Morgan fingerprint density at radius 1 is 1.12 bits per heavy atom. The Morgan fingerprint density at radius 2 is 2.00 bits per heavy atom. The van der Waals surface area contributed by atoms with Crippen LogP contribution in [0.4, 0.5) is 0 Å². The molecule has 1 saturated heterocycles. The third kappa shape index (κ3) is 4.22. The van der Waals surface area contributed by atoms with Gasteiger partial charge in [0.15, 0.2) is 0 Å². The molecule has 5 nitrogen and oxygen atoms in total. The molecule has 7 heteroatoms. The zero-order valence-electron chi connectivity index (χ0n) is 13.7. The smallest absolute Gasteiger partial charge is 0.142 e. The van der Waals surface area contributed by atoms with Crippen LogP contribution in [-0.2, 0) is 6.54 Å². The van der Waals surface area contributed by atoms with E-state index in [1.807, 2.05) is 43.0 Å². The van der Waals surface area contributed by atoms with E-state index in [1.165, 1.54) is 10.4 Å². The molecule has 3 aromatic rings. The average molecular weight is 374 g/mol. The molecule has 1 unspecified atom stereocenters. The van der Waals surface area contributed by atoms with Gasteiger partial charge < -0.3 is 5.32 Å². The summed E-state index contributed by atoms with van der Waals surface area (Å²) in [7, 11) is 0. The van der Waals surface area contributed by atoms with Gasteiger partial charge in [0.1, 0.15) is 5.01 Å². The minimum Gasteiger partial charge on any atom is -0.314 e. The van der Waals surface area contributed by atoms with Crippen LogP contribution in [-0.4, -0.2) is 39.5 Å². The molecule has 1 aliphatic heterocycles. The summed E-state index contributed by atoms with van der Waals surface area (Å²) in [5.74, 6) is 0. The molecule has 130 valence electrons. The maximum atomic E-state index is 4.55. The molecule has 0 aromatic carbocycles. The molecule has 4 heterocycles. The maximum absolute atomic E-state index is 4.55. The van der Waals surface area contributed by atoms with Crippen LogP contribution >= 0.6 is 23.7 Å². The minimum absolute atomic E-state index is 0. The van der Waals surface area contributed by atoms with E-state index in [-0.39, 0.29) is 12.4 Å². The van der Waals surface area contributed by atoms with Crippen molar-refractivity contribution in [2.24, 2.45) is 0 Å². The van der Waals surface area contributed by atoms with Crippen LogP contribution < -0.4 is 5.32 Å². The standard InChI is InChI=1S/C18H19N5S.ClH/c1-2-6-21-16(3-1)18-22-11-15(24-18)13-23-10-9-20-12-17(23)14-4-7-19-8-5-14;/h1-8,11,17,20H,9-10,12-13H2;1H. The third-order valence-corrected chi connectivity index (χ3v) is 5.25. The molecule has 3 aromatic heterocycles. The van der Waals surface area contributed by atoms with Crippen molar-refractivity contribution in [3.05, 3.63) is 65.6 Å². The zero-order valence-corrected chi connectivity index (χ0v) is 15.3. The van der Waals surface area contributed by atoms with Gasteiger partial charge in [-0.1, -0.05) is 6.07 Å². The lowest BCUT2D eigenvalue weighted by Gasteiger charge is -2.36. The highest BCUT2D eigenvalue weighted by molar-refractivity contribution is 7.14. The SMILES string of the molecule is Cl.c1ccc(-c2ncc(CN3CCNCC3c3ccncc3)s2)nc1. The number of nitrogens with one attached hydrogen (secondary N) is 1. The van der Waals surface area contributed by atoms with Gasteiger partial charge in [0.25, 0.3) is 0 Å². The summed E-state index contributed by atoms with van der Waals surface area (Å²) in [6, 6.07) is 10.5. The molecular formula is C18H20ClN5S. The predicted molar refractivity (Wildman–Crippen MR) is 103 cm³/mol. The van der Waals surface area contributed by atoms with E-state index in [2.05, 4.69) is 37.3 Å². The second-order valence-corrected chi connectivity index (χ2v) is 6.93. The number of nitrogens with zero attached hydrogens (tertiary/aromatic N) is 4. The van der Waals surface area contributed by atoms with Crippen molar-refractivity contribution in [3.8, 4) is 10.7 Å². The van der Waals surface area contributed by atoms with Crippen molar-refractivity contribution in [2.75, 3.05) is 19.6 Å². The number of aromatic nitrogens is 3.